The number of rotatable bonds is 6. The number of aliphatic imine (C=N–C) groups is 1. The first-order chi connectivity index (χ1) is 15.6. The standard InChI is InChI=1S/C26H24N4O2/c1-30(2)26(31)20-9-5-8-19(16-20)24-23(12-3-4-15-29-24)32-25(21-10-6-13-27-17-21)22-11-7-14-28-18-22/h3-14,16-18,25H,15H2,1-2H3. The van der Waals surface area contributed by atoms with Crippen LogP contribution in [-0.2, 0) is 4.74 Å². The van der Waals surface area contributed by atoms with E-state index < -0.39 is 6.10 Å². The van der Waals surface area contributed by atoms with E-state index in [1.807, 2.05) is 60.7 Å². The molecule has 32 heavy (non-hydrogen) atoms. The third-order valence-corrected chi connectivity index (χ3v) is 4.98. The number of carbonyl (C=O) groups is 1. The summed E-state index contributed by atoms with van der Waals surface area (Å²) in [5.74, 6) is 0.556. The van der Waals surface area contributed by atoms with Crippen LogP contribution in [0.5, 0.6) is 0 Å². The molecule has 1 aliphatic rings. The minimum Gasteiger partial charge on any atom is -0.479 e. The topological polar surface area (TPSA) is 67.7 Å². The largest absolute Gasteiger partial charge is 0.479 e. The lowest BCUT2D eigenvalue weighted by molar-refractivity contribution is 0.0827. The van der Waals surface area contributed by atoms with Crippen molar-refractivity contribution in [2.75, 3.05) is 20.6 Å². The van der Waals surface area contributed by atoms with Crippen molar-refractivity contribution in [3.05, 3.63) is 120 Å². The fourth-order valence-electron chi connectivity index (χ4n) is 3.42. The number of amides is 1. The van der Waals surface area contributed by atoms with Crippen molar-refractivity contribution in [1.29, 1.82) is 0 Å². The average Bonchev–Trinajstić information content (AvgIpc) is 3.08. The van der Waals surface area contributed by atoms with Gasteiger partial charge in [-0.3, -0.25) is 19.8 Å². The Labute approximate surface area is 187 Å². The SMILES string of the molecule is CN(C)C(=O)c1cccc(C2=NCC=CC=C2OC(c2cccnc2)c2cccnc2)c1. The average molecular weight is 425 g/mol. The van der Waals surface area contributed by atoms with Gasteiger partial charge in [-0.15, -0.1) is 0 Å². The Hall–Kier alpha value is -4.06. The summed E-state index contributed by atoms with van der Waals surface area (Å²) in [6.45, 7) is 0.523. The molecule has 0 aliphatic carbocycles. The Morgan fingerprint density at radius 3 is 2.34 bits per heavy atom. The molecule has 2 aromatic heterocycles. The molecule has 6 nitrogen and oxygen atoms in total. The van der Waals surface area contributed by atoms with Crippen molar-refractivity contribution in [3.63, 3.8) is 0 Å². The number of aromatic nitrogens is 2. The van der Waals surface area contributed by atoms with Gasteiger partial charge < -0.3 is 9.64 Å². The van der Waals surface area contributed by atoms with Crippen LogP contribution in [0.3, 0.4) is 0 Å². The predicted octanol–water partition coefficient (Wildman–Crippen LogP) is 4.23. The molecule has 1 aromatic carbocycles. The van der Waals surface area contributed by atoms with Crippen molar-refractivity contribution >= 4 is 11.6 Å². The molecule has 6 heteroatoms. The van der Waals surface area contributed by atoms with Crippen LogP contribution >= 0.6 is 0 Å². The van der Waals surface area contributed by atoms with Gasteiger partial charge in [-0.1, -0.05) is 36.4 Å². The molecule has 4 rings (SSSR count). The van der Waals surface area contributed by atoms with Crippen molar-refractivity contribution in [1.82, 2.24) is 14.9 Å². The van der Waals surface area contributed by atoms with Crippen LogP contribution in [0.4, 0.5) is 0 Å². The second kappa shape index (κ2) is 9.83. The molecule has 1 aliphatic heterocycles. The minimum atomic E-state index is -0.410. The highest BCUT2D eigenvalue weighted by Crippen LogP contribution is 2.29. The van der Waals surface area contributed by atoms with Crippen molar-refractivity contribution < 1.29 is 9.53 Å². The van der Waals surface area contributed by atoms with E-state index in [2.05, 4.69) is 9.97 Å². The van der Waals surface area contributed by atoms with Crippen LogP contribution < -0.4 is 0 Å². The third kappa shape index (κ3) is 4.81. The molecule has 0 saturated carbocycles. The zero-order chi connectivity index (χ0) is 22.3. The van der Waals surface area contributed by atoms with Crippen LogP contribution in [0.25, 0.3) is 0 Å². The van der Waals surface area contributed by atoms with Gasteiger partial charge in [0.25, 0.3) is 5.91 Å². The lowest BCUT2D eigenvalue weighted by atomic mass is 10.0. The first-order valence-electron chi connectivity index (χ1n) is 10.3. The lowest BCUT2D eigenvalue weighted by Crippen LogP contribution is -2.22. The summed E-state index contributed by atoms with van der Waals surface area (Å²) in [6, 6.07) is 15.2. The van der Waals surface area contributed by atoms with E-state index in [0.29, 0.717) is 23.6 Å². The number of nitrogens with zero attached hydrogens (tertiary/aromatic N) is 4. The number of allylic oxidation sites excluding steroid dienone is 3. The van der Waals surface area contributed by atoms with E-state index >= 15 is 0 Å². The molecule has 0 fully saturated rings. The highest BCUT2D eigenvalue weighted by Gasteiger charge is 2.22. The van der Waals surface area contributed by atoms with Gasteiger partial charge in [0.15, 0.2) is 6.10 Å². The van der Waals surface area contributed by atoms with E-state index in [0.717, 1.165) is 16.7 Å². The normalized spacial score (nSPS) is 13.2. The van der Waals surface area contributed by atoms with Gasteiger partial charge in [0.2, 0.25) is 0 Å². The van der Waals surface area contributed by atoms with E-state index in [9.17, 15) is 4.79 Å². The summed E-state index contributed by atoms with van der Waals surface area (Å²) >= 11 is 0. The maximum absolute atomic E-state index is 12.5. The van der Waals surface area contributed by atoms with Gasteiger partial charge in [0.05, 0.1) is 6.54 Å². The van der Waals surface area contributed by atoms with Gasteiger partial charge in [-0.05, 0) is 30.3 Å². The monoisotopic (exact) mass is 424 g/mol. The molecule has 1 amide bonds. The van der Waals surface area contributed by atoms with Crippen LogP contribution in [0.15, 0.2) is 102 Å². The molecule has 0 radical (unpaired) electrons. The number of ether oxygens (including phenoxy) is 1. The first-order valence-corrected chi connectivity index (χ1v) is 10.3. The fraction of sp³-hybridized carbons (Fsp3) is 0.154. The van der Waals surface area contributed by atoms with E-state index in [-0.39, 0.29) is 5.91 Å². The summed E-state index contributed by atoms with van der Waals surface area (Å²) in [4.78, 5) is 27.3. The highest BCUT2D eigenvalue weighted by atomic mass is 16.5. The highest BCUT2D eigenvalue weighted by molar-refractivity contribution is 6.12. The quantitative estimate of drug-likeness (QED) is 0.594. The number of carbonyl (C=O) groups excluding carboxylic acids is 1. The zero-order valence-corrected chi connectivity index (χ0v) is 18.1. The molecular formula is C26H24N4O2. The Morgan fingerprint density at radius 2 is 1.72 bits per heavy atom. The molecule has 0 unspecified atom stereocenters. The van der Waals surface area contributed by atoms with Crippen molar-refractivity contribution in [2.24, 2.45) is 4.99 Å². The minimum absolute atomic E-state index is 0.0609. The smallest absolute Gasteiger partial charge is 0.253 e. The van der Waals surface area contributed by atoms with Crippen molar-refractivity contribution in [2.45, 2.75) is 6.10 Å². The van der Waals surface area contributed by atoms with Gasteiger partial charge in [-0.25, -0.2) is 0 Å². The second-order valence-electron chi connectivity index (χ2n) is 7.50. The molecule has 3 heterocycles. The second-order valence-corrected chi connectivity index (χ2v) is 7.50. The van der Waals surface area contributed by atoms with E-state index in [4.69, 9.17) is 9.73 Å². The van der Waals surface area contributed by atoms with Gasteiger partial charge >= 0.3 is 0 Å². The molecule has 0 bridgehead atoms. The molecule has 0 N–H and O–H groups in total. The molecule has 0 spiro atoms. The van der Waals surface area contributed by atoms with Crippen LogP contribution in [0.1, 0.15) is 33.2 Å². The van der Waals surface area contributed by atoms with Crippen molar-refractivity contribution in [3.8, 4) is 0 Å². The Bertz CT molecular complexity index is 1130. The maximum Gasteiger partial charge on any atom is 0.253 e. The molecule has 160 valence electrons. The molecule has 0 saturated heterocycles. The van der Waals surface area contributed by atoms with E-state index in [1.54, 1.807) is 49.8 Å². The Morgan fingerprint density at radius 1 is 1.00 bits per heavy atom. The van der Waals surface area contributed by atoms with Crippen LogP contribution in [-0.4, -0.2) is 47.1 Å². The number of hydrogen-bond acceptors (Lipinski definition) is 5. The lowest BCUT2D eigenvalue weighted by Gasteiger charge is -2.22. The van der Waals surface area contributed by atoms with Gasteiger partial charge in [0.1, 0.15) is 11.5 Å². The molecule has 3 aromatic rings. The van der Waals surface area contributed by atoms with Gasteiger partial charge in [0, 0.05) is 61.1 Å². The summed E-state index contributed by atoms with van der Waals surface area (Å²) in [6.07, 6.45) is 12.4. The first kappa shape index (κ1) is 21.2. The number of pyridine rings is 2. The van der Waals surface area contributed by atoms with Gasteiger partial charge in [-0.2, -0.15) is 0 Å². The Balaban J connectivity index is 1.72. The maximum atomic E-state index is 12.5. The summed E-state index contributed by atoms with van der Waals surface area (Å²) in [7, 11) is 3.48. The molecule has 0 atom stereocenters. The predicted molar refractivity (Wildman–Crippen MR) is 124 cm³/mol. The van der Waals surface area contributed by atoms with E-state index in [1.165, 1.54) is 0 Å². The number of benzene rings is 1. The van der Waals surface area contributed by atoms with Crippen LogP contribution in [0, 0.1) is 0 Å². The number of hydrogen-bond donors (Lipinski definition) is 0. The summed E-state index contributed by atoms with van der Waals surface area (Å²) < 4.78 is 6.56. The molecular weight excluding hydrogens is 400 g/mol. The van der Waals surface area contributed by atoms with Crippen LogP contribution in [0.2, 0.25) is 0 Å². The Kier molecular flexibility index (Phi) is 6.51. The summed E-state index contributed by atoms with van der Waals surface area (Å²) in [5, 5.41) is 0. The summed E-state index contributed by atoms with van der Waals surface area (Å²) in [5.41, 5.74) is 3.93. The zero-order valence-electron chi connectivity index (χ0n) is 18.1. The fourth-order valence-corrected chi connectivity index (χ4v) is 3.42. The third-order valence-electron chi connectivity index (χ3n) is 4.98.